The van der Waals surface area contributed by atoms with Crippen LogP contribution in [-0.2, 0) is 30.8 Å². The highest BCUT2D eigenvalue weighted by atomic mass is 32.2. The Morgan fingerprint density at radius 3 is 2.27 bits per heavy atom. The third-order valence-electron chi connectivity index (χ3n) is 6.47. The summed E-state index contributed by atoms with van der Waals surface area (Å²) in [5.41, 5.74) is 0.844. The SMILES string of the molecule is CC(C)(C)CN1CC(C(=O)NS(=O)(=O)c2ccc(CCNC(=O)C3CCCCC3)cc2)=CC=C1C(=O)O. The van der Waals surface area contributed by atoms with Crippen LogP contribution in [-0.4, -0.2) is 55.8 Å². The number of carboxylic acid groups (broad SMARTS) is 1. The van der Waals surface area contributed by atoms with Crippen molar-refractivity contribution >= 4 is 27.8 Å². The number of aliphatic carboxylic acids is 1. The van der Waals surface area contributed by atoms with Gasteiger partial charge in [0.05, 0.1) is 4.90 Å². The van der Waals surface area contributed by atoms with Gasteiger partial charge in [-0.1, -0.05) is 52.2 Å². The highest BCUT2D eigenvalue weighted by molar-refractivity contribution is 7.90. The van der Waals surface area contributed by atoms with E-state index in [-0.39, 0.29) is 40.0 Å². The number of rotatable bonds is 9. The molecule has 1 aromatic rings. The second kappa shape index (κ2) is 11.9. The zero-order valence-corrected chi connectivity index (χ0v) is 22.6. The minimum atomic E-state index is -4.12. The van der Waals surface area contributed by atoms with E-state index < -0.39 is 21.9 Å². The molecule has 0 radical (unpaired) electrons. The molecule has 0 aromatic heterocycles. The van der Waals surface area contributed by atoms with Gasteiger partial charge in [-0.2, -0.15) is 0 Å². The predicted octanol–water partition coefficient (Wildman–Crippen LogP) is 2.99. The van der Waals surface area contributed by atoms with Gasteiger partial charge in [-0.3, -0.25) is 9.59 Å². The highest BCUT2D eigenvalue weighted by Gasteiger charge is 2.29. The highest BCUT2D eigenvalue weighted by Crippen LogP contribution is 2.24. The van der Waals surface area contributed by atoms with Gasteiger partial charge in [0.15, 0.2) is 0 Å². The lowest BCUT2D eigenvalue weighted by Crippen LogP contribution is -2.41. The molecule has 37 heavy (non-hydrogen) atoms. The Morgan fingerprint density at radius 2 is 1.68 bits per heavy atom. The molecule has 0 bridgehead atoms. The topological polar surface area (TPSA) is 133 Å². The maximum Gasteiger partial charge on any atom is 0.352 e. The third-order valence-corrected chi connectivity index (χ3v) is 7.82. The van der Waals surface area contributed by atoms with Crippen molar-refractivity contribution in [3.8, 4) is 0 Å². The molecule has 1 aliphatic carbocycles. The van der Waals surface area contributed by atoms with Crippen LogP contribution in [0.1, 0.15) is 58.4 Å². The lowest BCUT2D eigenvalue weighted by atomic mass is 9.88. The monoisotopic (exact) mass is 531 g/mol. The minimum absolute atomic E-state index is 0.0116. The molecule has 1 aliphatic heterocycles. The number of nitrogens with zero attached hydrogens (tertiary/aromatic N) is 1. The lowest BCUT2D eigenvalue weighted by molar-refractivity contribution is -0.134. The van der Waals surface area contributed by atoms with Crippen LogP contribution < -0.4 is 10.0 Å². The van der Waals surface area contributed by atoms with Crippen LogP contribution in [0.15, 0.2) is 52.6 Å². The molecule has 202 valence electrons. The second-order valence-corrected chi connectivity index (χ2v) is 12.6. The van der Waals surface area contributed by atoms with E-state index in [1.54, 1.807) is 17.0 Å². The zero-order valence-electron chi connectivity index (χ0n) is 21.7. The molecular weight excluding hydrogens is 494 g/mol. The van der Waals surface area contributed by atoms with Crippen molar-refractivity contribution in [2.75, 3.05) is 19.6 Å². The number of carbonyl (C=O) groups is 3. The summed E-state index contributed by atoms with van der Waals surface area (Å²) in [6.45, 7) is 6.69. The predicted molar refractivity (Wildman–Crippen MR) is 140 cm³/mol. The van der Waals surface area contributed by atoms with E-state index in [9.17, 15) is 27.9 Å². The van der Waals surface area contributed by atoms with Gasteiger partial charge >= 0.3 is 5.97 Å². The van der Waals surface area contributed by atoms with E-state index in [0.717, 1.165) is 31.2 Å². The number of nitrogens with one attached hydrogen (secondary N) is 2. The third kappa shape index (κ3) is 8.18. The first-order valence-corrected chi connectivity index (χ1v) is 14.2. The summed E-state index contributed by atoms with van der Waals surface area (Å²) in [6, 6.07) is 6.19. The fraction of sp³-hybridized carbons (Fsp3) is 0.519. The summed E-state index contributed by atoms with van der Waals surface area (Å²) in [7, 11) is -4.12. The average molecular weight is 532 g/mol. The fourth-order valence-corrected chi connectivity index (χ4v) is 5.60. The molecule has 2 aliphatic rings. The molecule has 2 amide bonds. The maximum absolute atomic E-state index is 12.8. The number of hydrogen-bond acceptors (Lipinski definition) is 6. The quantitative estimate of drug-likeness (QED) is 0.446. The average Bonchev–Trinajstić information content (AvgIpc) is 2.83. The number of amides is 2. The number of carbonyl (C=O) groups excluding carboxylic acids is 2. The number of carboxylic acids is 1. The van der Waals surface area contributed by atoms with E-state index in [4.69, 9.17) is 0 Å². The molecule has 1 fully saturated rings. The molecule has 0 saturated heterocycles. The molecule has 9 nitrogen and oxygen atoms in total. The Morgan fingerprint density at radius 1 is 1.03 bits per heavy atom. The van der Waals surface area contributed by atoms with Gasteiger partial charge in [0.1, 0.15) is 5.70 Å². The summed E-state index contributed by atoms with van der Waals surface area (Å²) in [5, 5.41) is 12.4. The van der Waals surface area contributed by atoms with Crippen molar-refractivity contribution in [1.29, 1.82) is 0 Å². The summed E-state index contributed by atoms with van der Waals surface area (Å²) in [6.07, 6.45) is 8.49. The van der Waals surface area contributed by atoms with Gasteiger partial charge in [0.25, 0.3) is 15.9 Å². The van der Waals surface area contributed by atoms with Gasteiger partial charge < -0.3 is 15.3 Å². The van der Waals surface area contributed by atoms with Crippen LogP contribution in [0, 0.1) is 11.3 Å². The second-order valence-electron chi connectivity index (χ2n) is 10.9. The standard InChI is InChI=1S/C27H37N3O6S/c1-27(2,3)18-30-17-21(11-14-23(30)26(33)34)25(32)29-37(35,36)22-12-9-19(10-13-22)15-16-28-24(31)20-7-5-4-6-8-20/h9-14,20H,4-8,15-18H2,1-3H3,(H,28,31)(H,29,32)(H,33,34). The summed E-state index contributed by atoms with van der Waals surface area (Å²) in [5.74, 6) is -1.73. The van der Waals surface area contributed by atoms with Crippen LogP contribution in [0.25, 0.3) is 0 Å². The first-order chi connectivity index (χ1) is 17.4. The molecular formula is C27H37N3O6S. The summed E-state index contributed by atoms with van der Waals surface area (Å²) in [4.78, 5) is 38.1. The van der Waals surface area contributed by atoms with Gasteiger partial charge in [-0.25, -0.2) is 17.9 Å². The van der Waals surface area contributed by atoms with Crippen LogP contribution in [0.2, 0.25) is 0 Å². The van der Waals surface area contributed by atoms with Crippen molar-refractivity contribution in [3.63, 3.8) is 0 Å². The number of benzene rings is 1. The largest absolute Gasteiger partial charge is 0.477 e. The van der Waals surface area contributed by atoms with Crippen molar-refractivity contribution in [2.24, 2.45) is 11.3 Å². The Labute approximate surface area is 219 Å². The zero-order chi connectivity index (χ0) is 27.2. The molecule has 3 N–H and O–H groups in total. The molecule has 1 aromatic carbocycles. The maximum atomic E-state index is 12.8. The molecule has 1 saturated carbocycles. The minimum Gasteiger partial charge on any atom is -0.477 e. The van der Waals surface area contributed by atoms with Crippen molar-refractivity contribution in [1.82, 2.24) is 14.9 Å². The Bertz CT molecular complexity index is 1170. The van der Waals surface area contributed by atoms with E-state index in [0.29, 0.717) is 19.5 Å². The van der Waals surface area contributed by atoms with Crippen molar-refractivity contribution in [2.45, 2.75) is 64.2 Å². The van der Waals surface area contributed by atoms with Crippen molar-refractivity contribution < 1.29 is 27.9 Å². The van der Waals surface area contributed by atoms with E-state index in [1.165, 1.54) is 30.7 Å². The fourth-order valence-electron chi connectivity index (χ4n) is 4.62. The lowest BCUT2D eigenvalue weighted by Gasteiger charge is -2.34. The van der Waals surface area contributed by atoms with Gasteiger partial charge in [0.2, 0.25) is 5.91 Å². The van der Waals surface area contributed by atoms with Crippen LogP contribution in [0.4, 0.5) is 0 Å². The van der Waals surface area contributed by atoms with Gasteiger partial charge in [0, 0.05) is 31.1 Å². The summed E-state index contributed by atoms with van der Waals surface area (Å²) >= 11 is 0. The Hall–Kier alpha value is -3.14. The van der Waals surface area contributed by atoms with E-state index in [1.807, 2.05) is 20.8 Å². The van der Waals surface area contributed by atoms with Crippen LogP contribution in [0.5, 0.6) is 0 Å². The molecule has 0 atom stereocenters. The Balaban J connectivity index is 1.58. The molecule has 3 rings (SSSR count). The molecule has 10 heteroatoms. The van der Waals surface area contributed by atoms with Crippen LogP contribution in [0.3, 0.4) is 0 Å². The first-order valence-electron chi connectivity index (χ1n) is 12.7. The number of hydrogen-bond donors (Lipinski definition) is 3. The number of sulfonamides is 1. The molecule has 1 heterocycles. The number of allylic oxidation sites excluding steroid dienone is 2. The normalized spacial score (nSPS) is 17.0. The molecule has 0 unspecified atom stereocenters. The summed E-state index contributed by atoms with van der Waals surface area (Å²) < 4.78 is 27.7. The smallest absolute Gasteiger partial charge is 0.352 e. The van der Waals surface area contributed by atoms with Crippen LogP contribution >= 0.6 is 0 Å². The van der Waals surface area contributed by atoms with Gasteiger partial charge in [-0.15, -0.1) is 0 Å². The first kappa shape index (κ1) is 28.4. The van der Waals surface area contributed by atoms with E-state index >= 15 is 0 Å². The van der Waals surface area contributed by atoms with Gasteiger partial charge in [-0.05, 0) is 54.5 Å². The van der Waals surface area contributed by atoms with E-state index in [2.05, 4.69) is 10.0 Å². The Kier molecular flexibility index (Phi) is 9.17. The van der Waals surface area contributed by atoms with Crippen molar-refractivity contribution in [3.05, 3.63) is 53.3 Å². The molecule has 0 spiro atoms.